The largest absolute Gasteiger partial charge is 0.373 e. The van der Waals surface area contributed by atoms with Crippen molar-refractivity contribution in [2.45, 2.75) is 0 Å². The summed E-state index contributed by atoms with van der Waals surface area (Å²) in [5.74, 6) is 0. The Kier molecular flexibility index (Phi) is 292. The van der Waals surface area contributed by atoms with Crippen LogP contribution in [0.15, 0.2) is 0 Å². The predicted molar refractivity (Wildman–Crippen MR) is 30.2 cm³/mol. The first-order valence-electron chi connectivity index (χ1n) is 1.20. The summed E-state index contributed by atoms with van der Waals surface area (Å²) in [5.41, 5.74) is 40.5. The lowest BCUT2D eigenvalue weighted by Crippen LogP contribution is -0.711. The molecule has 0 aliphatic carbocycles. The topological polar surface area (TPSA) is 176 Å². The third kappa shape index (κ3) is 21.4. The molecule has 0 aliphatic heterocycles. The summed E-state index contributed by atoms with van der Waals surface area (Å²) in [4.78, 5) is 4.50. The van der Waals surface area contributed by atoms with E-state index in [9.17, 15) is 0 Å². The molecule has 0 aromatic carbocycles. The van der Waals surface area contributed by atoms with Crippen LogP contribution in [0.3, 0.4) is 0 Å². The minimum atomic E-state index is 1.50. The lowest BCUT2D eigenvalue weighted by Gasteiger charge is -1.32. The summed E-state index contributed by atoms with van der Waals surface area (Å²) in [6.07, 6.45) is 0. The van der Waals surface area contributed by atoms with Gasteiger partial charge in [0.05, 0.1) is 0 Å². The van der Waals surface area contributed by atoms with Gasteiger partial charge in [-0.15, -0.1) is 0 Å². The molecule has 9 nitrogen and oxygen atoms in total. The lowest BCUT2D eigenvalue weighted by molar-refractivity contribution is 2.36. The van der Waals surface area contributed by atoms with E-state index in [1.54, 1.807) is 0 Å². The first kappa shape index (κ1) is 15.8. The minimum Gasteiger partial charge on any atom is -0.373 e. The van der Waals surface area contributed by atoms with Crippen molar-refractivity contribution in [3.8, 4) is 0 Å². The van der Waals surface area contributed by atoms with Gasteiger partial charge in [0.15, 0.2) is 0 Å². The lowest BCUT2D eigenvalue weighted by atomic mass is 13.0. The van der Waals surface area contributed by atoms with E-state index in [2.05, 4.69) is 0 Å². The van der Waals surface area contributed by atoms with Gasteiger partial charge in [-0.2, -0.15) is 0 Å². The second kappa shape index (κ2) is 167. The number of hydrogen-bond donors (Lipinski definition) is 0. The number of nitrogens with zero attached hydrogens (tertiary/aromatic N) is 9. The average Bonchev–Trinajstić information content (AvgIpc) is 1.70. The van der Waals surface area contributed by atoms with Crippen LogP contribution in [0.1, 0.15) is 0 Å². The highest BCUT2D eigenvalue weighted by molar-refractivity contribution is 4.37. The molecule has 0 aromatic rings. The molecular weight excluding hydrogens is 126 g/mol. The Morgan fingerprint density at radius 3 is 0.444 bits per heavy atom. The molecule has 0 saturated heterocycles. The van der Waals surface area contributed by atoms with Crippen molar-refractivity contribution < 1.29 is 0 Å². The summed E-state index contributed by atoms with van der Waals surface area (Å²) in [6.45, 7) is 0. The van der Waals surface area contributed by atoms with Crippen molar-refractivity contribution in [2.75, 3.05) is 0 Å². The van der Waals surface area contributed by atoms with Crippen LogP contribution < -0.4 is 0 Å². The van der Waals surface area contributed by atoms with Gasteiger partial charge >= 0.3 is 0 Å². The van der Waals surface area contributed by atoms with Crippen LogP contribution in [0.25, 0.3) is 47.9 Å². The van der Waals surface area contributed by atoms with E-state index < -0.39 is 0 Å². The zero-order chi connectivity index (χ0) is 8.12. The van der Waals surface area contributed by atoms with E-state index in [4.69, 9.17) is 33.2 Å². The summed E-state index contributed by atoms with van der Waals surface area (Å²) in [5, 5.41) is 0. The van der Waals surface area contributed by atoms with Gasteiger partial charge in [-0.05, 0) is 0 Å². The van der Waals surface area contributed by atoms with Gasteiger partial charge in [-0.25, -0.2) is 0 Å². The van der Waals surface area contributed by atoms with Crippen LogP contribution in [0.2, 0.25) is 0 Å². The molecule has 0 rings (SSSR count). The molecule has 0 radical (unpaired) electrons. The molecule has 9 heavy (non-hydrogen) atoms. The normalized spacial score (nSPS) is 2.67. The van der Waals surface area contributed by atoms with E-state index in [0.717, 1.165) is 0 Å². The third-order valence-electron chi connectivity index (χ3n) is 0. The van der Waals surface area contributed by atoms with Crippen LogP contribution in [0, 0.1) is 0 Å². The van der Waals surface area contributed by atoms with Crippen molar-refractivity contribution in [2.24, 2.45) is 0 Å². The van der Waals surface area contributed by atoms with Crippen LogP contribution in [-0.2, 0) is 0 Å². The van der Waals surface area contributed by atoms with E-state index in [-0.39, 0.29) is 0 Å². The van der Waals surface area contributed by atoms with E-state index in [1.165, 1.54) is 14.7 Å². The molecule has 0 aromatic heterocycles. The van der Waals surface area contributed by atoms with Crippen molar-refractivity contribution in [3.05, 3.63) is 47.9 Å². The van der Waals surface area contributed by atoms with E-state index in [1.807, 2.05) is 0 Å². The molecule has 0 unspecified atom stereocenters. The molecule has 0 amide bonds. The molecule has 9 heteroatoms. The fourth-order valence-electron chi connectivity index (χ4n) is 0. The van der Waals surface area contributed by atoms with Crippen LogP contribution >= 0.6 is 0 Å². The highest BCUT2D eigenvalue weighted by Gasteiger charge is 0.694. The molecule has 0 bridgehead atoms. The average molecular weight is 126 g/mol. The standard InChI is InChI=1S/3N3/c3*1-3-2/q3*-1. The molecule has 48 valence electrons. The quantitative estimate of drug-likeness (QED) is 0.263. The zero-order valence-corrected chi connectivity index (χ0v) is 4.02. The highest BCUT2D eigenvalue weighted by atomic mass is 15.0. The minimum absolute atomic E-state index is 1.50. The second-order valence-electron chi connectivity index (χ2n) is 0.268. The van der Waals surface area contributed by atoms with Gasteiger partial charge in [0.25, 0.3) is 0 Å². The van der Waals surface area contributed by atoms with Crippen LogP contribution in [-0.4, -0.2) is 0 Å². The molecule has 0 aliphatic rings. The van der Waals surface area contributed by atoms with E-state index >= 15 is 0 Å². The SMILES string of the molecule is [N-]=[N+]=[N-].[N-]=[N+]=[N-].[N-]=[N+]=[N-]. The summed E-state index contributed by atoms with van der Waals surface area (Å²) in [6, 6.07) is 0. The van der Waals surface area contributed by atoms with Gasteiger partial charge in [0.1, 0.15) is 0 Å². The maximum atomic E-state index is 6.75. The maximum absolute atomic E-state index is 6.75. The molecular formula is N9-3. The second-order valence-corrected chi connectivity index (χ2v) is 0.268. The monoisotopic (exact) mass is 126 g/mol. The fraction of sp³-hybridized carbons (Fsp3) is 0. The zero-order valence-electron chi connectivity index (χ0n) is 4.02. The summed E-state index contributed by atoms with van der Waals surface area (Å²) in [7, 11) is 0. The molecule has 0 fully saturated rings. The number of rotatable bonds is 0. The maximum Gasteiger partial charge on any atom is -0.255 e. The molecule has 0 heterocycles. The Bertz CT molecular complexity index is 91.6. The predicted octanol–water partition coefficient (Wildman–Crippen LogP) is 2.60. The summed E-state index contributed by atoms with van der Waals surface area (Å²) >= 11 is 0. The Balaban J connectivity index is -0.0000000600. The van der Waals surface area contributed by atoms with Gasteiger partial charge in [0.2, 0.25) is 0 Å². The third-order valence-corrected chi connectivity index (χ3v) is 0. The first-order valence-corrected chi connectivity index (χ1v) is 1.20. The number of hydrogen-bond acceptors (Lipinski definition) is 0. The van der Waals surface area contributed by atoms with Gasteiger partial charge in [-0.1, -0.05) is 0 Å². The first-order chi connectivity index (χ1) is 4.24. The van der Waals surface area contributed by atoms with Crippen molar-refractivity contribution >= 4 is 0 Å². The fourth-order valence-corrected chi connectivity index (χ4v) is 0. The Hall–Kier alpha value is -2.07. The molecule has 0 spiro atoms. The van der Waals surface area contributed by atoms with Crippen LogP contribution in [0.5, 0.6) is 0 Å². The highest BCUT2D eigenvalue weighted by Crippen LogP contribution is 1.30. The van der Waals surface area contributed by atoms with Crippen molar-refractivity contribution in [1.82, 2.24) is 0 Å². The van der Waals surface area contributed by atoms with Gasteiger partial charge in [0, 0.05) is 0 Å². The molecule has 0 saturated carbocycles. The Morgan fingerprint density at radius 2 is 0.444 bits per heavy atom. The van der Waals surface area contributed by atoms with Gasteiger partial charge < -0.3 is 33.2 Å². The van der Waals surface area contributed by atoms with Gasteiger partial charge in [-0.3, -0.25) is 14.7 Å². The molecule has 0 atom stereocenters. The summed E-state index contributed by atoms with van der Waals surface area (Å²) < 4.78 is 0. The Labute approximate surface area is 49.2 Å². The van der Waals surface area contributed by atoms with E-state index in [0.29, 0.717) is 0 Å². The van der Waals surface area contributed by atoms with Crippen LogP contribution in [0.4, 0.5) is 0 Å². The smallest absolute Gasteiger partial charge is 0.255 e. The van der Waals surface area contributed by atoms with Crippen molar-refractivity contribution in [3.63, 3.8) is 0 Å². The molecule has 0 N–H and O–H groups in total. The van der Waals surface area contributed by atoms with Crippen molar-refractivity contribution in [1.29, 1.82) is 0 Å². The Morgan fingerprint density at radius 1 is 0.444 bits per heavy atom.